The smallest absolute Gasteiger partial charge is 0.305 e. The number of aliphatic imine (C=N–C) groups is 1. The van der Waals surface area contributed by atoms with Crippen molar-refractivity contribution in [1.82, 2.24) is 21.3 Å². The number of carbonyl (C=O) groups is 6. The second-order valence-corrected chi connectivity index (χ2v) is 15.1. The van der Waals surface area contributed by atoms with E-state index in [4.69, 9.17) is 11.5 Å². The zero-order valence-electron chi connectivity index (χ0n) is 33.9. The average Bonchev–Trinajstić information content (AvgIpc) is 3.12. The SMILES string of the molecule is CCCCCCCCCCCCCCCC(=O)N[C@@H](CCCN=C(N)N)C(=O)C[C@@H](CO)C(=O)N[C@@H](CC(=O)O)C(=O)N[C@@H](CC(C)C)C(=O)N[C@H](C)CO. The lowest BCUT2D eigenvalue weighted by atomic mass is 9.95. The van der Waals surface area contributed by atoms with E-state index in [-0.39, 0.29) is 50.2 Å². The Morgan fingerprint density at radius 3 is 1.64 bits per heavy atom. The number of amides is 4. The molecule has 0 fully saturated rings. The molecule has 0 rings (SSSR count). The number of hydrogen-bond acceptors (Lipinski definition) is 9. The second-order valence-electron chi connectivity index (χ2n) is 15.1. The fourth-order valence-corrected chi connectivity index (χ4v) is 6.05. The first-order valence-corrected chi connectivity index (χ1v) is 20.4. The van der Waals surface area contributed by atoms with Gasteiger partial charge in [-0.15, -0.1) is 0 Å². The molecule has 0 aliphatic carbocycles. The Kier molecular flexibility index (Phi) is 29.3. The standard InChI is InChI=1S/C39H73N7O9/c1-5-6-7-8-9-10-11-12-13-14-15-16-17-20-34(50)44-30(19-18-21-42-39(40)41)33(49)23-29(26-48)36(53)45-32(24-35(51)52)38(55)46-31(22-27(2)3)37(54)43-28(4)25-47/h27-32,47-48H,5-26H2,1-4H3,(H,43,54)(H,44,50)(H,45,53)(H,46,55)(H,51,52)(H4,40,41,42)/t28-,29+,30+,31+,32+/m1/s1. The van der Waals surface area contributed by atoms with Crippen molar-refractivity contribution >= 4 is 41.3 Å². The molecule has 0 spiro atoms. The van der Waals surface area contributed by atoms with Crippen molar-refractivity contribution in [2.24, 2.45) is 28.3 Å². The van der Waals surface area contributed by atoms with E-state index >= 15 is 0 Å². The van der Waals surface area contributed by atoms with Crippen molar-refractivity contribution in [2.75, 3.05) is 19.8 Å². The van der Waals surface area contributed by atoms with Crippen LogP contribution in [0, 0.1) is 11.8 Å². The van der Waals surface area contributed by atoms with Crippen LogP contribution in [0.4, 0.5) is 0 Å². The molecular weight excluding hydrogens is 710 g/mol. The van der Waals surface area contributed by atoms with Crippen molar-refractivity contribution in [2.45, 2.75) is 174 Å². The minimum atomic E-state index is -1.64. The van der Waals surface area contributed by atoms with Crippen molar-refractivity contribution < 1.29 is 44.1 Å². The topological polar surface area (TPSA) is 276 Å². The highest BCUT2D eigenvalue weighted by atomic mass is 16.4. The molecule has 0 unspecified atom stereocenters. The fraction of sp³-hybridized carbons (Fsp3) is 0.821. The predicted molar refractivity (Wildman–Crippen MR) is 213 cm³/mol. The molecule has 0 saturated carbocycles. The van der Waals surface area contributed by atoms with E-state index in [1.54, 1.807) is 6.92 Å². The first-order chi connectivity index (χ1) is 26.1. The first-order valence-electron chi connectivity index (χ1n) is 20.4. The Morgan fingerprint density at radius 1 is 0.618 bits per heavy atom. The molecule has 16 nitrogen and oxygen atoms in total. The normalized spacial score (nSPS) is 13.9. The van der Waals surface area contributed by atoms with Crippen molar-refractivity contribution in [3.05, 3.63) is 0 Å². The number of hydrogen-bond donors (Lipinski definition) is 9. The summed E-state index contributed by atoms with van der Waals surface area (Å²) in [5.74, 6) is -6.31. The maximum atomic E-state index is 13.5. The van der Waals surface area contributed by atoms with Crippen LogP contribution in [0.2, 0.25) is 0 Å². The second kappa shape index (κ2) is 31.4. The minimum absolute atomic E-state index is 0.0555. The molecular formula is C39H73N7O9. The van der Waals surface area contributed by atoms with E-state index in [1.807, 2.05) is 13.8 Å². The Balaban J connectivity index is 5.35. The number of carbonyl (C=O) groups excluding carboxylic acids is 5. The van der Waals surface area contributed by atoms with Gasteiger partial charge in [0, 0.05) is 25.4 Å². The quantitative estimate of drug-likeness (QED) is 0.0260. The number of aliphatic hydroxyl groups excluding tert-OH is 2. The molecule has 0 saturated heterocycles. The van der Waals surface area contributed by atoms with Gasteiger partial charge in [0.25, 0.3) is 0 Å². The Labute approximate surface area is 328 Å². The number of carboxylic acid groups (broad SMARTS) is 1. The number of aliphatic carboxylic acids is 1. The maximum Gasteiger partial charge on any atom is 0.305 e. The molecule has 4 amide bonds. The summed E-state index contributed by atoms with van der Waals surface area (Å²) in [4.78, 5) is 81.3. The molecule has 5 atom stereocenters. The molecule has 0 heterocycles. The van der Waals surface area contributed by atoms with Crippen LogP contribution in [0.3, 0.4) is 0 Å². The summed E-state index contributed by atoms with van der Waals surface area (Å²) in [7, 11) is 0. The first kappa shape index (κ1) is 51.2. The van der Waals surface area contributed by atoms with Gasteiger partial charge in [0.1, 0.15) is 12.1 Å². The van der Waals surface area contributed by atoms with Gasteiger partial charge in [0.2, 0.25) is 23.6 Å². The number of nitrogens with one attached hydrogen (secondary N) is 4. The van der Waals surface area contributed by atoms with Crippen LogP contribution in [-0.2, 0) is 28.8 Å². The Morgan fingerprint density at radius 2 is 1.15 bits per heavy atom. The third kappa shape index (κ3) is 26.6. The molecule has 11 N–H and O–H groups in total. The van der Waals surface area contributed by atoms with Crippen LogP contribution in [-0.4, -0.2) is 101 Å². The number of unbranched alkanes of at least 4 members (excludes halogenated alkanes) is 12. The zero-order valence-corrected chi connectivity index (χ0v) is 33.9. The molecule has 0 aliphatic heterocycles. The number of rotatable bonds is 34. The van der Waals surface area contributed by atoms with Crippen LogP contribution in [0.5, 0.6) is 0 Å². The minimum Gasteiger partial charge on any atom is -0.481 e. The van der Waals surface area contributed by atoms with Crippen LogP contribution in [0.1, 0.15) is 150 Å². The molecule has 0 aromatic rings. The van der Waals surface area contributed by atoms with Crippen LogP contribution < -0.4 is 32.7 Å². The largest absolute Gasteiger partial charge is 0.481 e. The van der Waals surface area contributed by atoms with Gasteiger partial charge in [-0.1, -0.05) is 97.8 Å². The summed E-state index contributed by atoms with van der Waals surface area (Å²) < 4.78 is 0. The van der Waals surface area contributed by atoms with Crippen LogP contribution >= 0.6 is 0 Å². The van der Waals surface area contributed by atoms with Gasteiger partial charge in [-0.05, 0) is 38.5 Å². The summed E-state index contributed by atoms with van der Waals surface area (Å²) in [6.07, 6.45) is 14.7. The lowest BCUT2D eigenvalue weighted by molar-refractivity contribution is -0.142. The number of Topliss-reactive ketones (excluding diaryl/α,β-unsaturated/α-hetero) is 1. The predicted octanol–water partition coefficient (Wildman–Crippen LogP) is 2.56. The third-order valence-corrected chi connectivity index (χ3v) is 9.23. The monoisotopic (exact) mass is 784 g/mol. The van der Waals surface area contributed by atoms with E-state index in [2.05, 4.69) is 33.2 Å². The van der Waals surface area contributed by atoms with Crippen molar-refractivity contribution in [1.29, 1.82) is 0 Å². The molecule has 0 bridgehead atoms. The van der Waals surface area contributed by atoms with E-state index in [0.717, 1.165) is 19.3 Å². The fourth-order valence-electron chi connectivity index (χ4n) is 6.05. The highest BCUT2D eigenvalue weighted by molar-refractivity contribution is 5.96. The summed E-state index contributed by atoms with van der Waals surface area (Å²) >= 11 is 0. The number of carboxylic acids is 1. The third-order valence-electron chi connectivity index (χ3n) is 9.23. The van der Waals surface area contributed by atoms with E-state index in [9.17, 15) is 44.1 Å². The van der Waals surface area contributed by atoms with Gasteiger partial charge in [-0.3, -0.25) is 33.8 Å². The lowest BCUT2D eigenvalue weighted by Crippen LogP contribution is -2.56. The zero-order chi connectivity index (χ0) is 41.6. The summed E-state index contributed by atoms with van der Waals surface area (Å²) in [5.41, 5.74) is 10.8. The van der Waals surface area contributed by atoms with Crippen LogP contribution in [0.25, 0.3) is 0 Å². The summed E-state index contributed by atoms with van der Waals surface area (Å²) in [5, 5.41) is 39.0. The van der Waals surface area contributed by atoms with Crippen LogP contribution in [0.15, 0.2) is 4.99 Å². The Hall–Kier alpha value is -3.79. The number of nitrogens with two attached hydrogens (primary N) is 2. The highest BCUT2D eigenvalue weighted by Crippen LogP contribution is 2.15. The van der Waals surface area contributed by atoms with E-state index < -0.39 is 79.0 Å². The van der Waals surface area contributed by atoms with Gasteiger partial charge in [-0.25, -0.2) is 0 Å². The van der Waals surface area contributed by atoms with Gasteiger partial charge < -0.3 is 48.1 Å². The number of aliphatic hydroxyl groups is 2. The summed E-state index contributed by atoms with van der Waals surface area (Å²) in [6.45, 7) is 6.48. The molecule has 0 radical (unpaired) electrons. The molecule has 318 valence electrons. The molecule has 0 aromatic heterocycles. The maximum absolute atomic E-state index is 13.5. The molecule has 0 aromatic carbocycles. The van der Waals surface area contributed by atoms with E-state index in [0.29, 0.717) is 12.8 Å². The Bertz CT molecular complexity index is 1160. The van der Waals surface area contributed by atoms with E-state index in [1.165, 1.54) is 57.8 Å². The van der Waals surface area contributed by atoms with Gasteiger partial charge in [0.05, 0.1) is 31.6 Å². The molecule has 55 heavy (non-hydrogen) atoms. The highest BCUT2D eigenvalue weighted by Gasteiger charge is 2.33. The molecule has 0 aliphatic rings. The number of guanidine groups is 1. The van der Waals surface area contributed by atoms with Crippen molar-refractivity contribution in [3.8, 4) is 0 Å². The van der Waals surface area contributed by atoms with Gasteiger partial charge >= 0.3 is 5.97 Å². The number of nitrogens with zero attached hydrogens (tertiary/aromatic N) is 1. The summed E-state index contributed by atoms with van der Waals surface area (Å²) in [6, 6.07) is -4.33. The van der Waals surface area contributed by atoms with Gasteiger partial charge in [0.15, 0.2) is 11.7 Å². The molecule has 16 heteroatoms. The van der Waals surface area contributed by atoms with Gasteiger partial charge in [-0.2, -0.15) is 0 Å². The average molecular weight is 784 g/mol. The van der Waals surface area contributed by atoms with Crippen molar-refractivity contribution in [3.63, 3.8) is 0 Å². The number of ketones is 1. The lowest BCUT2D eigenvalue weighted by Gasteiger charge is -2.26.